The minimum absolute atomic E-state index is 0.139. The van der Waals surface area contributed by atoms with Crippen molar-refractivity contribution < 1.29 is 0 Å². The number of likely N-dealkylation sites (tertiary alicyclic amines) is 1. The van der Waals surface area contributed by atoms with Crippen LogP contribution in [0.5, 0.6) is 0 Å². The van der Waals surface area contributed by atoms with Crippen molar-refractivity contribution >= 4 is 22.9 Å². The van der Waals surface area contributed by atoms with Crippen LogP contribution in [-0.4, -0.2) is 49.6 Å². The molecule has 2 nitrogen and oxygen atoms in total. The van der Waals surface area contributed by atoms with Crippen molar-refractivity contribution in [2.45, 2.75) is 24.3 Å². The van der Waals surface area contributed by atoms with E-state index in [2.05, 4.69) is 41.4 Å². The summed E-state index contributed by atoms with van der Waals surface area (Å²) in [7, 11) is 4.41. The average molecular weight is 273 g/mol. The van der Waals surface area contributed by atoms with E-state index in [4.69, 9.17) is 11.6 Å². The van der Waals surface area contributed by atoms with Crippen molar-refractivity contribution in [3.05, 3.63) is 22.4 Å². The molecule has 0 amide bonds. The largest absolute Gasteiger partial charge is 0.306 e. The van der Waals surface area contributed by atoms with Gasteiger partial charge in [-0.1, -0.05) is 6.07 Å². The first kappa shape index (κ1) is 13.3. The Hall–Kier alpha value is -0.0900. The molecular formula is C13H21ClN2S. The second-order valence-electron chi connectivity index (χ2n) is 4.96. The Morgan fingerprint density at radius 1 is 1.53 bits per heavy atom. The number of alkyl halides is 1. The zero-order valence-corrected chi connectivity index (χ0v) is 12.2. The van der Waals surface area contributed by atoms with Gasteiger partial charge in [-0.05, 0) is 51.5 Å². The van der Waals surface area contributed by atoms with Crippen LogP contribution in [0.2, 0.25) is 0 Å². The van der Waals surface area contributed by atoms with Crippen LogP contribution < -0.4 is 0 Å². The molecule has 4 heteroatoms. The molecule has 0 radical (unpaired) electrons. The van der Waals surface area contributed by atoms with E-state index in [0.29, 0.717) is 6.04 Å². The van der Waals surface area contributed by atoms with Crippen LogP contribution in [0.1, 0.15) is 23.1 Å². The summed E-state index contributed by atoms with van der Waals surface area (Å²) in [5.41, 5.74) is 0. The summed E-state index contributed by atoms with van der Waals surface area (Å²) < 4.78 is 0. The van der Waals surface area contributed by atoms with E-state index in [1.165, 1.54) is 30.8 Å². The fraction of sp³-hybridized carbons (Fsp3) is 0.692. The SMILES string of the molecule is CN1CCC(N(C)CC(Cl)c2cccs2)CC1. The van der Waals surface area contributed by atoms with Gasteiger partial charge in [-0.2, -0.15) is 0 Å². The average Bonchev–Trinajstić information content (AvgIpc) is 2.83. The molecule has 1 unspecified atom stereocenters. The van der Waals surface area contributed by atoms with E-state index in [-0.39, 0.29) is 5.38 Å². The van der Waals surface area contributed by atoms with E-state index in [1.807, 2.05) is 0 Å². The molecule has 1 fully saturated rings. The second kappa shape index (κ2) is 6.19. The maximum Gasteiger partial charge on any atom is 0.0805 e. The zero-order valence-electron chi connectivity index (χ0n) is 10.6. The van der Waals surface area contributed by atoms with Gasteiger partial charge in [-0.25, -0.2) is 0 Å². The molecule has 1 aromatic heterocycles. The highest BCUT2D eigenvalue weighted by molar-refractivity contribution is 7.10. The molecule has 17 heavy (non-hydrogen) atoms. The van der Waals surface area contributed by atoms with Gasteiger partial charge < -0.3 is 9.80 Å². The number of hydrogen-bond acceptors (Lipinski definition) is 3. The highest BCUT2D eigenvalue weighted by atomic mass is 35.5. The first-order valence-electron chi connectivity index (χ1n) is 6.23. The molecule has 2 rings (SSSR count). The summed E-state index contributed by atoms with van der Waals surface area (Å²) in [6.07, 6.45) is 2.53. The minimum Gasteiger partial charge on any atom is -0.306 e. The van der Waals surface area contributed by atoms with E-state index < -0.39 is 0 Å². The van der Waals surface area contributed by atoms with Crippen LogP contribution >= 0.6 is 22.9 Å². The fourth-order valence-corrected chi connectivity index (χ4v) is 3.54. The molecule has 0 bridgehead atoms. The molecule has 0 aliphatic carbocycles. The van der Waals surface area contributed by atoms with Gasteiger partial charge in [0.05, 0.1) is 5.38 Å². The number of nitrogens with zero attached hydrogens (tertiary/aromatic N) is 2. The Labute approximate surface area is 113 Å². The lowest BCUT2D eigenvalue weighted by Crippen LogP contribution is -2.42. The van der Waals surface area contributed by atoms with Crippen molar-refractivity contribution in [3.8, 4) is 0 Å². The molecule has 0 aromatic carbocycles. The maximum atomic E-state index is 6.45. The Balaban J connectivity index is 1.82. The summed E-state index contributed by atoms with van der Waals surface area (Å²) in [5, 5.41) is 2.24. The summed E-state index contributed by atoms with van der Waals surface area (Å²) >= 11 is 8.20. The lowest BCUT2D eigenvalue weighted by Gasteiger charge is -2.35. The molecule has 1 aromatic rings. The molecular weight excluding hydrogens is 252 g/mol. The third-order valence-electron chi connectivity index (χ3n) is 3.61. The first-order valence-corrected chi connectivity index (χ1v) is 7.54. The summed E-state index contributed by atoms with van der Waals surface area (Å²) in [4.78, 5) is 6.12. The number of likely N-dealkylation sites (N-methyl/N-ethyl adjacent to an activating group) is 1. The van der Waals surface area contributed by atoms with Gasteiger partial charge in [0.2, 0.25) is 0 Å². The number of hydrogen-bond donors (Lipinski definition) is 0. The summed E-state index contributed by atoms with van der Waals surface area (Å²) in [6.45, 7) is 3.37. The molecule has 1 aliphatic rings. The van der Waals surface area contributed by atoms with E-state index in [0.717, 1.165) is 6.54 Å². The van der Waals surface area contributed by atoms with Crippen LogP contribution in [0.4, 0.5) is 0 Å². The van der Waals surface area contributed by atoms with Crippen LogP contribution in [0.3, 0.4) is 0 Å². The predicted molar refractivity (Wildman–Crippen MR) is 76.1 cm³/mol. The zero-order chi connectivity index (χ0) is 12.3. The molecule has 0 N–H and O–H groups in total. The van der Waals surface area contributed by atoms with E-state index in [1.54, 1.807) is 11.3 Å². The Bertz CT molecular complexity index is 320. The Morgan fingerprint density at radius 2 is 2.24 bits per heavy atom. The fourth-order valence-electron chi connectivity index (χ4n) is 2.40. The first-order chi connectivity index (χ1) is 8.16. The van der Waals surface area contributed by atoms with E-state index >= 15 is 0 Å². The molecule has 1 saturated heterocycles. The predicted octanol–water partition coefficient (Wildman–Crippen LogP) is 3.05. The number of piperidine rings is 1. The third-order valence-corrected chi connectivity index (χ3v) is 5.10. The van der Waals surface area contributed by atoms with Crippen molar-refractivity contribution in [2.24, 2.45) is 0 Å². The molecule has 1 atom stereocenters. The summed E-state index contributed by atoms with van der Waals surface area (Å²) in [6, 6.07) is 4.91. The Kier molecular flexibility index (Phi) is 4.86. The number of halogens is 1. The van der Waals surface area contributed by atoms with Gasteiger partial charge in [0.15, 0.2) is 0 Å². The summed E-state index contributed by atoms with van der Waals surface area (Å²) in [5.74, 6) is 0. The van der Waals surface area contributed by atoms with Crippen LogP contribution in [0.15, 0.2) is 17.5 Å². The van der Waals surface area contributed by atoms with E-state index in [9.17, 15) is 0 Å². The molecule has 0 spiro atoms. The Morgan fingerprint density at radius 3 is 2.82 bits per heavy atom. The standard InChI is InChI=1S/C13H21ClN2S/c1-15-7-5-11(6-8-15)16(2)10-12(14)13-4-3-9-17-13/h3-4,9,11-12H,5-8,10H2,1-2H3. The van der Waals surface area contributed by atoms with Crippen LogP contribution in [0, 0.1) is 0 Å². The molecule has 1 aliphatic heterocycles. The van der Waals surface area contributed by atoms with Crippen molar-refractivity contribution in [1.82, 2.24) is 9.80 Å². The molecule has 0 saturated carbocycles. The van der Waals surface area contributed by atoms with Gasteiger partial charge in [-0.3, -0.25) is 0 Å². The molecule has 96 valence electrons. The smallest absolute Gasteiger partial charge is 0.0805 e. The monoisotopic (exact) mass is 272 g/mol. The lowest BCUT2D eigenvalue weighted by molar-refractivity contribution is 0.144. The van der Waals surface area contributed by atoms with Gasteiger partial charge in [0.25, 0.3) is 0 Å². The van der Waals surface area contributed by atoms with Gasteiger partial charge >= 0.3 is 0 Å². The highest BCUT2D eigenvalue weighted by Crippen LogP contribution is 2.27. The van der Waals surface area contributed by atoms with Crippen LogP contribution in [0.25, 0.3) is 0 Å². The normalized spacial score (nSPS) is 20.9. The lowest BCUT2D eigenvalue weighted by atomic mass is 10.0. The van der Waals surface area contributed by atoms with Crippen molar-refractivity contribution in [3.63, 3.8) is 0 Å². The maximum absolute atomic E-state index is 6.45. The number of rotatable bonds is 4. The highest BCUT2D eigenvalue weighted by Gasteiger charge is 2.22. The third kappa shape index (κ3) is 3.68. The molecule has 2 heterocycles. The quantitative estimate of drug-likeness (QED) is 0.778. The van der Waals surface area contributed by atoms with Gasteiger partial charge in [0.1, 0.15) is 0 Å². The van der Waals surface area contributed by atoms with Gasteiger partial charge in [-0.15, -0.1) is 22.9 Å². The van der Waals surface area contributed by atoms with Crippen molar-refractivity contribution in [1.29, 1.82) is 0 Å². The van der Waals surface area contributed by atoms with Gasteiger partial charge in [0, 0.05) is 17.5 Å². The van der Waals surface area contributed by atoms with Crippen LogP contribution in [-0.2, 0) is 0 Å². The topological polar surface area (TPSA) is 6.48 Å². The minimum atomic E-state index is 0.139. The second-order valence-corrected chi connectivity index (χ2v) is 6.46. The number of thiophene rings is 1. The van der Waals surface area contributed by atoms with Crippen molar-refractivity contribution in [2.75, 3.05) is 33.7 Å².